The van der Waals surface area contributed by atoms with Crippen LogP contribution in [0.2, 0.25) is 0 Å². The molecule has 10 rings (SSSR count). The van der Waals surface area contributed by atoms with Crippen molar-refractivity contribution >= 4 is 41.4 Å². The average Bonchev–Trinajstić information content (AvgIpc) is 1.59. The molecule has 3 N–H and O–H groups in total. The Balaban J connectivity index is 0.000000370. The Morgan fingerprint density at radius 1 is 0.528 bits per heavy atom. The van der Waals surface area contributed by atoms with Crippen LogP contribution < -0.4 is 19.5 Å². The lowest BCUT2D eigenvalue weighted by Crippen LogP contribution is -2.46. The lowest BCUT2D eigenvalue weighted by molar-refractivity contribution is -0.167. The van der Waals surface area contributed by atoms with E-state index in [0.29, 0.717) is 67.3 Å². The number of anilines is 1. The second kappa shape index (κ2) is 52.5. The molecular formula is C104H161NO18. The Morgan fingerprint density at radius 3 is 1.44 bits per heavy atom. The van der Waals surface area contributed by atoms with Crippen LogP contribution in [0.4, 0.5) is 5.69 Å². The second-order valence-corrected chi connectivity index (χ2v) is 38.3. The number of aromatic hydroxyl groups is 2. The van der Waals surface area contributed by atoms with Crippen molar-refractivity contribution in [1.29, 1.82) is 0 Å². The fraction of sp³-hybridized carbons (Fsp3) is 0.635. The molecule has 0 spiro atoms. The highest BCUT2D eigenvalue weighted by molar-refractivity contribution is 5.94. The monoisotopic (exact) mass is 1710 g/mol. The summed E-state index contributed by atoms with van der Waals surface area (Å²) in [5.41, 5.74) is 2.72. The van der Waals surface area contributed by atoms with Gasteiger partial charge in [0.25, 0.3) is 0 Å². The zero-order chi connectivity index (χ0) is 92.7. The smallest absolute Gasteiger partial charge is 0.347 e. The first-order valence-corrected chi connectivity index (χ1v) is 45.6. The van der Waals surface area contributed by atoms with E-state index in [1.165, 1.54) is 86.5 Å². The number of carbonyl (C=O) groups is 6. The molecule has 2 bridgehead atoms. The fourth-order valence-electron chi connectivity index (χ4n) is 13.2. The zero-order valence-corrected chi connectivity index (χ0v) is 80.5. The lowest BCUT2D eigenvalue weighted by atomic mass is 9.80. The van der Waals surface area contributed by atoms with Gasteiger partial charge in [0.15, 0.2) is 0 Å². The molecule has 19 heteroatoms. The largest absolute Gasteiger partial charge is 0.508 e. The van der Waals surface area contributed by atoms with Gasteiger partial charge in [0.1, 0.15) is 47.6 Å². The first-order valence-electron chi connectivity index (χ1n) is 45.6. The van der Waals surface area contributed by atoms with Crippen LogP contribution >= 0.6 is 0 Å². The molecule has 10 unspecified atom stereocenters. The van der Waals surface area contributed by atoms with Gasteiger partial charge in [-0.05, 0) is 291 Å². The highest BCUT2D eigenvalue weighted by atomic mass is 16.7. The number of carbonyl (C=O) groups excluding carboxylic acids is 6. The van der Waals surface area contributed by atoms with Gasteiger partial charge >= 0.3 is 29.8 Å². The maximum absolute atomic E-state index is 11.8. The minimum atomic E-state index is -0.687. The Labute approximate surface area is 741 Å². The summed E-state index contributed by atoms with van der Waals surface area (Å²) in [7, 11) is 0. The molecule has 2 aliphatic heterocycles. The number of hydrogen-bond donors (Lipinski definition) is 3. The minimum Gasteiger partial charge on any atom is -0.508 e. The summed E-state index contributed by atoms with van der Waals surface area (Å²) in [4.78, 5) is 68.9. The van der Waals surface area contributed by atoms with Crippen molar-refractivity contribution in [2.75, 3.05) is 45.0 Å². The van der Waals surface area contributed by atoms with Crippen LogP contribution in [0.25, 0.3) is 0 Å². The summed E-state index contributed by atoms with van der Waals surface area (Å²) in [5.74, 6) is 7.42. The maximum Gasteiger partial charge on any atom is 0.347 e. The molecule has 10 atom stereocenters. The Morgan fingerprint density at radius 2 is 0.992 bits per heavy atom. The molecule has 1 amide bonds. The molecule has 3 aliphatic carbocycles. The van der Waals surface area contributed by atoms with Crippen molar-refractivity contribution in [3.63, 3.8) is 0 Å². The van der Waals surface area contributed by atoms with E-state index in [1.807, 2.05) is 111 Å². The van der Waals surface area contributed by atoms with E-state index in [4.69, 9.17) is 57.6 Å². The van der Waals surface area contributed by atoms with E-state index in [-0.39, 0.29) is 76.0 Å². The summed E-state index contributed by atoms with van der Waals surface area (Å²) in [5, 5.41) is 21.0. The Kier molecular flexibility index (Phi) is 46.4. The van der Waals surface area contributed by atoms with E-state index in [2.05, 4.69) is 153 Å². The third-order valence-electron chi connectivity index (χ3n) is 25.2. The van der Waals surface area contributed by atoms with Crippen LogP contribution in [0.15, 0.2) is 140 Å². The Bertz CT molecular complexity index is 3800. The minimum absolute atomic E-state index is 0.00399. The number of benzene rings is 5. The van der Waals surface area contributed by atoms with Crippen molar-refractivity contribution < 1.29 is 86.3 Å². The third-order valence-corrected chi connectivity index (χ3v) is 25.2. The highest BCUT2D eigenvalue weighted by Gasteiger charge is 2.55. The van der Waals surface area contributed by atoms with Crippen LogP contribution in [0, 0.1) is 62.1 Å². The van der Waals surface area contributed by atoms with Gasteiger partial charge in [-0.3, -0.25) is 24.0 Å². The van der Waals surface area contributed by atoms with Crippen molar-refractivity contribution in [1.82, 2.24) is 0 Å². The third kappa shape index (κ3) is 37.3. The van der Waals surface area contributed by atoms with Crippen molar-refractivity contribution in [3.05, 3.63) is 157 Å². The molecule has 2 heterocycles. The van der Waals surface area contributed by atoms with E-state index < -0.39 is 28.3 Å². The van der Waals surface area contributed by atoms with Gasteiger partial charge in [0.2, 0.25) is 18.3 Å². The van der Waals surface area contributed by atoms with E-state index in [1.54, 1.807) is 50.2 Å². The zero-order valence-electron chi connectivity index (χ0n) is 80.5. The van der Waals surface area contributed by atoms with E-state index in [9.17, 15) is 28.8 Å². The number of cyclic esters (lactones) is 1. The van der Waals surface area contributed by atoms with Crippen molar-refractivity contribution in [3.8, 4) is 28.7 Å². The SMILES string of the molecule is C=COCCOC(=O)C(C)(C)CC.CCC(C)(C)C(=O)Nc1ccc(O)cc1.CCC(C)(C)C(=O)OC(C)(C)C.CCC(C)(C)C(=O)OC1CCOC1=O.CCC(C)(C)C(=O)Oc1ccc(O)cc1.CCC(C)c1ccc(OC(OC2CC3CC2C2CCCC32)C(C)C)cc1.CCC(C)c1ccc(OCC2(CC)COC2)cc1.CCC(C)c1ccccc1. The number of esters is 5. The number of amides is 1. The standard InChI is InChI=1S/C24H36O2.C16H24O2.C12H17NO2.C12H16O3.C10H16O4.C10H18O3.C10H20O2.C10H14/c1-5-16(4)17-9-11-19(12-10-17)25-24(15(2)3)26-23-14-18-13-22(23)21-8-6-7-20(18)21;1-4-13(3)14-6-8-15(9-7-14)18-12-16(5-2)10-17-11-16;1-4-12(2,3)11(15)13-9-5-7-10(14)8-6-9;1-4-12(2,3)11(14)15-10-7-5-9(13)6-8-10;1-4-10(2,3)9(12)14-7-5-6-13-8(7)11;1-5-10(3,4)9(11)13-8-7-12-6-2;1-7-10(5,6)8(11)12-9(2,3)4;1-3-9(2)10-7-5-4-6-8-10/h9-12,15-16,18,20-24H,5-8,13-14H2,1-4H3;6-9,13H,4-5,10-12H2,1-3H3;5-8,14H,4H2,1-3H3,(H,13,15);5-8,13H,4H2,1-3H3;7H,4-6H2,1-3H3;6H,2,5,7-8H2,1,3-4H3;7H2,1-6H3;4-9H,3H2,1-2H3. The maximum atomic E-state index is 11.8. The van der Waals surface area contributed by atoms with Gasteiger partial charge < -0.3 is 62.9 Å². The summed E-state index contributed by atoms with van der Waals surface area (Å²) in [6.45, 7) is 61.0. The molecule has 123 heavy (non-hydrogen) atoms. The number of phenolic OH excluding ortho intramolecular Hbond substituents is 2. The molecule has 5 aromatic carbocycles. The predicted molar refractivity (Wildman–Crippen MR) is 495 cm³/mol. The molecule has 0 radical (unpaired) electrons. The molecule has 5 aliphatic rings. The summed E-state index contributed by atoms with van der Waals surface area (Å²) in [6, 6.07) is 40.4. The van der Waals surface area contributed by atoms with Crippen LogP contribution in [0.1, 0.15) is 318 Å². The van der Waals surface area contributed by atoms with Gasteiger partial charge in [-0.25, -0.2) is 4.79 Å². The summed E-state index contributed by atoms with van der Waals surface area (Å²) >= 11 is 0. The highest BCUT2D eigenvalue weighted by Crippen LogP contribution is 2.60. The van der Waals surface area contributed by atoms with Gasteiger partial charge in [0.05, 0.1) is 65.9 Å². The van der Waals surface area contributed by atoms with Crippen LogP contribution in [-0.2, 0) is 61.9 Å². The Hall–Kier alpha value is -8.42. The molecule has 3 saturated carbocycles. The number of nitrogens with one attached hydrogen (secondary N) is 1. The van der Waals surface area contributed by atoms with Crippen LogP contribution in [-0.4, -0.2) is 110 Å². The number of hydrogen-bond acceptors (Lipinski definition) is 18. The number of fused-ring (bicyclic) bond motifs is 5. The molecule has 19 nitrogen and oxygen atoms in total. The second-order valence-electron chi connectivity index (χ2n) is 38.3. The first-order chi connectivity index (χ1) is 57.7. The topological polar surface area (TPSA) is 247 Å². The molecule has 0 aromatic heterocycles. The number of rotatable bonds is 32. The summed E-state index contributed by atoms with van der Waals surface area (Å²) in [6.07, 6.45) is 16.9. The summed E-state index contributed by atoms with van der Waals surface area (Å²) < 4.78 is 54.1. The number of phenols is 2. The predicted octanol–water partition coefficient (Wildman–Crippen LogP) is 25.3. The quantitative estimate of drug-likeness (QED) is 0.00689. The van der Waals surface area contributed by atoms with Gasteiger partial charge in [-0.1, -0.05) is 178 Å². The van der Waals surface area contributed by atoms with Crippen molar-refractivity contribution in [2.24, 2.45) is 62.1 Å². The fourth-order valence-corrected chi connectivity index (χ4v) is 13.2. The molecule has 690 valence electrons. The van der Waals surface area contributed by atoms with Crippen molar-refractivity contribution in [2.45, 2.75) is 325 Å². The van der Waals surface area contributed by atoms with Gasteiger partial charge in [-0.2, -0.15) is 0 Å². The molecule has 5 aromatic rings. The number of ether oxygens (including phenoxy) is 10. The van der Waals surface area contributed by atoms with E-state index >= 15 is 0 Å². The molecular weight excluding hydrogens is 1550 g/mol. The normalized spacial score (nSPS) is 18.8. The molecule has 5 fully saturated rings. The first kappa shape index (κ1) is 109. The van der Waals surface area contributed by atoms with Crippen LogP contribution in [0.5, 0.6) is 28.7 Å². The average molecular weight is 1710 g/mol. The lowest BCUT2D eigenvalue weighted by Gasteiger charge is -2.40. The van der Waals surface area contributed by atoms with Gasteiger partial charge in [0, 0.05) is 23.4 Å². The van der Waals surface area contributed by atoms with Crippen LogP contribution in [0.3, 0.4) is 0 Å². The van der Waals surface area contributed by atoms with E-state index in [0.717, 1.165) is 87.1 Å². The molecule has 2 saturated heterocycles. The van der Waals surface area contributed by atoms with Gasteiger partial charge in [-0.15, -0.1) is 0 Å².